The summed E-state index contributed by atoms with van der Waals surface area (Å²) < 4.78 is 22.2. The van der Waals surface area contributed by atoms with E-state index in [-0.39, 0.29) is 6.54 Å². The van der Waals surface area contributed by atoms with Crippen molar-refractivity contribution < 1.29 is 13.5 Å². The summed E-state index contributed by atoms with van der Waals surface area (Å²) in [6, 6.07) is 0. The maximum absolute atomic E-state index is 10.6. The van der Waals surface area contributed by atoms with Crippen LogP contribution in [0.1, 0.15) is 6.42 Å². The van der Waals surface area contributed by atoms with Crippen LogP contribution < -0.4 is 5.14 Å². The van der Waals surface area contributed by atoms with Gasteiger partial charge in [-0.15, -0.1) is 0 Å². The zero-order valence-corrected chi connectivity index (χ0v) is 6.21. The highest BCUT2D eigenvalue weighted by Crippen LogP contribution is 2.10. The van der Waals surface area contributed by atoms with E-state index < -0.39 is 16.3 Å². The van der Waals surface area contributed by atoms with Crippen molar-refractivity contribution in [1.82, 2.24) is 4.31 Å². The number of aliphatic hydroxyl groups excluding tert-OH is 1. The molecule has 1 heterocycles. The van der Waals surface area contributed by atoms with Gasteiger partial charge in [0.15, 0.2) is 0 Å². The zero-order valence-electron chi connectivity index (χ0n) is 5.40. The average molecular weight is 166 g/mol. The van der Waals surface area contributed by atoms with Crippen molar-refractivity contribution in [3.63, 3.8) is 0 Å². The fourth-order valence-electron chi connectivity index (χ4n) is 0.942. The number of aliphatic hydroxyl groups is 1. The van der Waals surface area contributed by atoms with Gasteiger partial charge < -0.3 is 5.11 Å². The third kappa shape index (κ3) is 1.66. The molecule has 1 aliphatic rings. The Hall–Kier alpha value is -0.170. The second-order valence-corrected chi connectivity index (χ2v) is 3.89. The van der Waals surface area contributed by atoms with Gasteiger partial charge in [0.2, 0.25) is 0 Å². The Morgan fingerprint density at radius 3 is 2.40 bits per heavy atom. The molecular formula is C4H10N2O3S. The lowest BCUT2D eigenvalue weighted by Crippen LogP contribution is -2.35. The maximum Gasteiger partial charge on any atom is 0.276 e. The Balaban J connectivity index is 2.62. The fraction of sp³-hybridized carbons (Fsp3) is 1.00. The third-order valence-electron chi connectivity index (χ3n) is 1.49. The molecule has 0 amide bonds. The minimum Gasteiger partial charge on any atom is -0.392 e. The van der Waals surface area contributed by atoms with Gasteiger partial charge in [0.1, 0.15) is 0 Å². The van der Waals surface area contributed by atoms with Crippen LogP contribution in [0.5, 0.6) is 0 Å². The van der Waals surface area contributed by atoms with Crippen LogP contribution in [0.25, 0.3) is 0 Å². The van der Waals surface area contributed by atoms with E-state index >= 15 is 0 Å². The smallest absolute Gasteiger partial charge is 0.276 e. The van der Waals surface area contributed by atoms with Crippen LogP contribution in [-0.4, -0.2) is 37.0 Å². The molecule has 0 saturated carbocycles. The number of nitrogens with two attached hydrogens (primary N) is 1. The molecule has 1 aliphatic heterocycles. The molecule has 6 heteroatoms. The molecular weight excluding hydrogens is 156 g/mol. The van der Waals surface area contributed by atoms with Gasteiger partial charge in [0.25, 0.3) is 10.2 Å². The Morgan fingerprint density at radius 1 is 1.60 bits per heavy atom. The highest BCUT2D eigenvalue weighted by molar-refractivity contribution is 7.86. The second-order valence-electron chi connectivity index (χ2n) is 2.35. The largest absolute Gasteiger partial charge is 0.392 e. The predicted molar refractivity (Wildman–Crippen MR) is 35.3 cm³/mol. The molecule has 0 aromatic rings. The van der Waals surface area contributed by atoms with Gasteiger partial charge in [-0.2, -0.15) is 12.7 Å². The van der Waals surface area contributed by atoms with E-state index in [2.05, 4.69) is 0 Å². The van der Waals surface area contributed by atoms with Gasteiger partial charge in [-0.25, -0.2) is 5.14 Å². The van der Waals surface area contributed by atoms with E-state index in [0.717, 1.165) is 4.31 Å². The first-order chi connectivity index (χ1) is 4.50. The lowest BCUT2D eigenvalue weighted by molar-refractivity contribution is 0.189. The minimum absolute atomic E-state index is 0.138. The van der Waals surface area contributed by atoms with Crippen molar-refractivity contribution in [3.05, 3.63) is 0 Å². The monoisotopic (exact) mass is 166 g/mol. The van der Waals surface area contributed by atoms with Crippen molar-refractivity contribution in [2.45, 2.75) is 12.5 Å². The molecule has 0 spiro atoms. The molecule has 3 N–H and O–H groups in total. The lowest BCUT2D eigenvalue weighted by atomic mass is 10.3. The number of hydrogen-bond donors (Lipinski definition) is 2. The topological polar surface area (TPSA) is 83.6 Å². The van der Waals surface area contributed by atoms with E-state index in [9.17, 15) is 8.42 Å². The summed E-state index contributed by atoms with van der Waals surface area (Å²) in [6.07, 6.45) is -0.0606. The standard InChI is InChI=1S/C4H10N2O3S/c5-10(8,9)6-2-1-4(7)3-6/h4,7H,1-3H2,(H2,5,8,9)/t4-/m1/s1. The molecule has 0 radical (unpaired) electrons. The van der Waals surface area contributed by atoms with Crippen LogP contribution in [0, 0.1) is 0 Å². The first-order valence-electron chi connectivity index (χ1n) is 2.96. The predicted octanol–water partition coefficient (Wildman–Crippen LogP) is -1.74. The summed E-state index contributed by atoms with van der Waals surface area (Å²) in [5.74, 6) is 0. The normalized spacial score (nSPS) is 29.2. The van der Waals surface area contributed by atoms with Crippen molar-refractivity contribution in [1.29, 1.82) is 0 Å². The number of nitrogens with zero attached hydrogens (tertiary/aromatic N) is 1. The molecule has 0 aromatic carbocycles. The maximum atomic E-state index is 10.6. The number of rotatable bonds is 1. The molecule has 0 bridgehead atoms. The van der Waals surface area contributed by atoms with Crippen LogP contribution in [0.2, 0.25) is 0 Å². The second kappa shape index (κ2) is 2.46. The third-order valence-corrected chi connectivity index (χ3v) is 2.54. The molecule has 0 unspecified atom stereocenters. The van der Waals surface area contributed by atoms with Crippen LogP contribution in [0.15, 0.2) is 0 Å². The summed E-state index contributed by atoms with van der Waals surface area (Å²) in [7, 11) is -3.56. The highest BCUT2D eigenvalue weighted by Gasteiger charge is 2.27. The number of β-amino-alcohol motifs (C(OH)–C–C–N with tert-alkyl or cyclic N) is 1. The van der Waals surface area contributed by atoms with Gasteiger partial charge in [0, 0.05) is 13.1 Å². The van der Waals surface area contributed by atoms with Crippen molar-refractivity contribution in [2.75, 3.05) is 13.1 Å². The first kappa shape index (κ1) is 7.93. The molecule has 1 atom stereocenters. The van der Waals surface area contributed by atoms with Gasteiger partial charge in [-0.05, 0) is 6.42 Å². The SMILES string of the molecule is NS(=O)(=O)N1CC[C@@H](O)C1. The Morgan fingerprint density at radius 2 is 2.20 bits per heavy atom. The minimum atomic E-state index is -3.56. The van der Waals surface area contributed by atoms with Crippen LogP contribution >= 0.6 is 0 Å². The van der Waals surface area contributed by atoms with E-state index in [1.807, 2.05) is 0 Å². The fourth-order valence-corrected chi connectivity index (χ4v) is 1.68. The van der Waals surface area contributed by atoms with Crippen molar-refractivity contribution in [3.8, 4) is 0 Å². The molecule has 5 nitrogen and oxygen atoms in total. The van der Waals surface area contributed by atoms with Gasteiger partial charge in [-0.1, -0.05) is 0 Å². The molecule has 10 heavy (non-hydrogen) atoms. The van der Waals surface area contributed by atoms with Gasteiger partial charge in [-0.3, -0.25) is 0 Å². The number of hydrogen-bond acceptors (Lipinski definition) is 3. The van der Waals surface area contributed by atoms with E-state index in [0.29, 0.717) is 13.0 Å². The first-order valence-corrected chi connectivity index (χ1v) is 4.46. The van der Waals surface area contributed by atoms with E-state index in [4.69, 9.17) is 10.2 Å². The molecule has 0 aromatic heterocycles. The Labute approximate surface area is 59.6 Å². The Kier molecular flexibility index (Phi) is 1.95. The summed E-state index contributed by atoms with van der Waals surface area (Å²) in [5.41, 5.74) is 0. The highest BCUT2D eigenvalue weighted by atomic mass is 32.2. The van der Waals surface area contributed by atoms with Gasteiger partial charge in [0.05, 0.1) is 6.10 Å². The summed E-state index contributed by atoms with van der Waals surface area (Å²) in [4.78, 5) is 0. The van der Waals surface area contributed by atoms with Crippen LogP contribution in [-0.2, 0) is 10.2 Å². The van der Waals surface area contributed by atoms with E-state index in [1.54, 1.807) is 0 Å². The zero-order chi connectivity index (χ0) is 7.78. The molecule has 1 fully saturated rings. The summed E-state index contributed by atoms with van der Waals surface area (Å²) in [5, 5.41) is 13.7. The van der Waals surface area contributed by atoms with Crippen molar-refractivity contribution >= 4 is 10.2 Å². The van der Waals surface area contributed by atoms with E-state index in [1.165, 1.54) is 0 Å². The lowest BCUT2D eigenvalue weighted by Gasteiger charge is -2.09. The summed E-state index contributed by atoms with van der Waals surface area (Å²) in [6.45, 7) is 0.471. The Bertz CT molecular complexity index is 213. The van der Waals surface area contributed by atoms with Crippen LogP contribution in [0.4, 0.5) is 0 Å². The molecule has 1 rings (SSSR count). The molecule has 1 saturated heterocycles. The van der Waals surface area contributed by atoms with Crippen LogP contribution in [0.3, 0.4) is 0 Å². The molecule has 0 aliphatic carbocycles. The average Bonchev–Trinajstić information content (AvgIpc) is 2.11. The van der Waals surface area contributed by atoms with Gasteiger partial charge >= 0.3 is 0 Å². The summed E-state index contributed by atoms with van der Waals surface area (Å²) >= 11 is 0. The van der Waals surface area contributed by atoms with Crippen molar-refractivity contribution in [2.24, 2.45) is 5.14 Å². The quantitative estimate of drug-likeness (QED) is 0.485. The molecule has 60 valence electrons.